The molecule has 1 unspecified atom stereocenters. The summed E-state index contributed by atoms with van der Waals surface area (Å²) in [6.45, 7) is 3.71. The molecule has 0 radical (unpaired) electrons. The summed E-state index contributed by atoms with van der Waals surface area (Å²) in [4.78, 5) is 16.1. The number of H-pyrrole nitrogens is 1. The summed E-state index contributed by atoms with van der Waals surface area (Å²) in [5.41, 5.74) is 2.83. The Balaban J connectivity index is 1.44. The van der Waals surface area contributed by atoms with Crippen molar-refractivity contribution in [2.45, 2.75) is 36.8 Å². The second kappa shape index (κ2) is 10.5. The molecule has 182 valence electrons. The Morgan fingerprint density at radius 1 is 1.03 bits per heavy atom. The predicted molar refractivity (Wildman–Crippen MR) is 131 cm³/mol. The van der Waals surface area contributed by atoms with E-state index in [9.17, 15) is 18.0 Å². The largest absolute Gasteiger partial charge is 0.479 e. The zero-order valence-corrected chi connectivity index (χ0v) is 20.0. The molecule has 3 aromatic carbocycles. The topological polar surface area (TPSA) is 51.3 Å². The number of thioether (sulfide) groups is 1. The molecule has 0 fully saturated rings. The molecule has 4 rings (SSSR count). The fourth-order valence-electron chi connectivity index (χ4n) is 3.63. The van der Waals surface area contributed by atoms with E-state index in [1.54, 1.807) is 25.6 Å². The standard InChI is InChI=1S/C27H24F3NO3S/c1-3-33-26(32)17(2)34-21-11-13-22(14-12-21)35-16-19-5-4-6-24-23(19)15-25(31-24)18-7-9-20(10-8-18)27(28,29)30/h4-15,17,31H,3,16H2,1-2H3. The zero-order chi connectivity index (χ0) is 25.0. The summed E-state index contributed by atoms with van der Waals surface area (Å²) in [6, 6.07) is 20.6. The van der Waals surface area contributed by atoms with Crippen LogP contribution < -0.4 is 4.74 Å². The molecule has 4 nitrogen and oxygen atoms in total. The van der Waals surface area contributed by atoms with Crippen molar-refractivity contribution in [3.05, 3.63) is 83.9 Å². The molecule has 0 aliphatic carbocycles. The van der Waals surface area contributed by atoms with Crippen LogP contribution in [-0.2, 0) is 21.5 Å². The minimum atomic E-state index is -4.35. The van der Waals surface area contributed by atoms with Gasteiger partial charge in [0.25, 0.3) is 0 Å². The first-order valence-electron chi connectivity index (χ1n) is 11.1. The van der Waals surface area contributed by atoms with Crippen LogP contribution in [-0.4, -0.2) is 23.7 Å². The van der Waals surface area contributed by atoms with Gasteiger partial charge in [-0.25, -0.2) is 4.79 Å². The lowest BCUT2D eigenvalue weighted by Crippen LogP contribution is -2.25. The smallest absolute Gasteiger partial charge is 0.416 e. The highest BCUT2D eigenvalue weighted by Crippen LogP contribution is 2.33. The Bertz CT molecular complexity index is 1300. The van der Waals surface area contributed by atoms with Gasteiger partial charge >= 0.3 is 12.1 Å². The van der Waals surface area contributed by atoms with Gasteiger partial charge in [0, 0.05) is 27.2 Å². The maximum absolute atomic E-state index is 12.9. The first-order valence-corrected chi connectivity index (χ1v) is 12.1. The van der Waals surface area contributed by atoms with E-state index in [0.717, 1.165) is 39.2 Å². The number of esters is 1. The number of rotatable bonds is 8. The van der Waals surface area contributed by atoms with Crippen LogP contribution in [0.5, 0.6) is 5.75 Å². The molecule has 0 spiro atoms. The van der Waals surface area contributed by atoms with Crippen LogP contribution in [0.3, 0.4) is 0 Å². The normalized spacial score (nSPS) is 12.5. The highest BCUT2D eigenvalue weighted by molar-refractivity contribution is 7.98. The zero-order valence-electron chi connectivity index (χ0n) is 19.2. The molecule has 35 heavy (non-hydrogen) atoms. The number of carbonyl (C=O) groups is 1. The van der Waals surface area contributed by atoms with Crippen molar-refractivity contribution in [3.63, 3.8) is 0 Å². The van der Waals surface area contributed by atoms with Gasteiger partial charge in [0.15, 0.2) is 6.10 Å². The van der Waals surface area contributed by atoms with Crippen molar-refractivity contribution in [2.75, 3.05) is 6.61 Å². The van der Waals surface area contributed by atoms with Gasteiger partial charge in [0.1, 0.15) is 5.75 Å². The molecule has 4 aromatic rings. The van der Waals surface area contributed by atoms with E-state index in [1.165, 1.54) is 12.1 Å². The number of fused-ring (bicyclic) bond motifs is 1. The van der Waals surface area contributed by atoms with E-state index in [4.69, 9.17) is 9.47 Å². The van der Waals surface area contributed by atoms with Crippen LogP contribution in [0.1, 0.15) is 25.0 Å². The average Bonchev–Trinajstić information content (AvgIpc) is 3.28. The van der Waals surface area contributed by atoms with Gasteiger partial charge in [0.05, 0.1) is 12.2 Å². The lowest BCUT2D eigenvalue weighted by atomic mass is 10.1. The third-order valence-corrected chi connectivity index (χ3v) is 6.49. The van der Waals surface area contributed by atoms with Crippen LogP contribution in [0.2, 0.25) is 0 Å². The number of ether oxygens (including phenoxy) is 2. The van der Waals surface area contributed by atoms with Crippen molar-refractivity contribution in [1.29, 1.82) is 0 Å². The number of carbonyl (C=O) groups excluding carboxylic acids is 1. The maximum atomic E-state index is 12.9. The number of nitrogens with one attached hydrogen (secondary N) is 1. The number of hydrogen-bond donors (Lipinski definition) is 1. The van der Waals surface area contributed by atoms with E-state index in [-0.39, 0.29) is 0 Å². The van der Waals surface area contributed by atoms with E-state index in [0.29, 0.717) is 23.7 Å². The van der Waals surface area contributed by atoms with Crippen LogP contribution in [0.25, 0.3) is 22.2 Å². The summed E-state index contributed by atoms with van der Waals surface area (Å²) in [5, 5.41) is 1.03. The van der Waals surface area contributed by atoms with Crippen LogP contribution in [0.4, 0.5) is 13.2 Å². The van der Waals surface area contributed by atoms with Crippen LogP contribution in [0.15, 0.2) is 77.7 Å². The number of halogens is 3. The lowest BCUT2D eigenvalue weighted by Gasteiger charge is -2.13. The molecule has 0 aliphatic heterocycles. The highest BCUT2D eigenvalue weighted by Gasteiger charge is 2.30. The minimum Gasteiger partial charge on any atom is -0.479 e. The number of alkyl halides is 3. The number of aromatic nitrogens is 1. The molecular formula is C27H24F3NO3S. The quantitative estimate of drug-likeness (QED) is 0.202. The third kappa shape index (κ3) is 6.00. The Morgan fingerprint density at radius 2 is 1.74 bits per heavy atom. The van der Waals surface area contributed by atoms with Gasteiger partial charge in [0.2, 0.25) is 0 Å². The molecule has 8 heteroatoms. The van der Waals surface area contributed by atoms with Crippen molar-refractivity contribution in [2.24, 2.45) is 0 Å². The number of aromatic amines is 1. The van der Waals surface area contributed by atoms with E-state index >= 15 is 0 Å². The Labute approximate surface area is 205 Å². The van der Waals surface area contributed by atoms with Gasteiger partial charge in [-0.15, -0.1) is 11.8 Å². The predicted octanol–water partition coefficient (Wildman–Crippen LogP) is 7.48. The van der Waals surface area contributed by atoms with Gasteiger partial charge in [-0.2, -0.15) is 13.2 Å². The monoisotopic (exact) mass is 499 g/mol. The fourth-order valence-corrected chi connectivity index (χ4v) is 4.53. The lowest BCUT2D eigenvalue weighted by molar-refractivity contribution is -0.150. The first-order chi connectivity index (χ1) is 16.7. The molecule has 1 aromatic heterocycles. The molecule has 1 N–H and O–H groups in total. The van der Waals surface area contributed by atoms with Crippen LogP contribution in [0, 0.1) is 0 Å². The van der Waals surface area contributed by atoms with Gasteiger partial charge in [-0.1, -0.05) is 24.3 Å². The van der Waals surface area contributed by atoms with Crippen molar-refractivity contribution in [3.8, 4) is 17.0 Å². The summed E-state index contributed by atoms with van der Waals surface area (Å²) in [7, 11) is 0. The van der Waals surface area contributed by atoms with Gasteiger partial charge in [-0.05, 0) is 73.5 Å². The highest BCUT2D eigenvalue weighted by atomic mass is 32.2. The molecular weight excluding hydrogens is 475 g/mol. The van der Waals surface area contributed by atoms with Gasteiger partial charge in [-0.3, -0.25) is 0 Å². The van der Waals surface area contributed by atoms with Crippen LogP contribution >= 0.6 is 11.8 Å². The fraction of sp³-hybridized carbons (Fsp3) is 0.222. The van der Waals surface area contributed by atoms with Crippen molar-refractivity contribution >= 4 is 28.6 Å². The third-order valence-electron chi connectivity index (χ3n) is 5.43. The average molecular weight is 500 g/mol. The number of benzene rings is 3. The summed E-state index contributed by atoms with van der Waals surface area (Å²) < 4.78 is 49.2. The Hall–Kier alpha value is -3.39. The minimum absolute atomic E-state index is 0.307. The summed E-state index contributed by atoms with van der Waals surface area (Å²) in [6.07, 6.45) is -5.04. The molecule has 0 saturated carbocycles. The molecule has 0 bridgehead atoms. The van der Waals surface area contributed by atoms with E-state index in [2.05, 4.69) is 4.98 Å². The summed E-state index contributed by atoms with van der Waals surface area (Å²) >= 11 is 1.65. The first kappa shape index (κ1) is 24.7. The van der Waals surface area contributed by atoms with Crippen molar-refractivity contribution < 1.29 is 27.4 Å². The molecule has 1 heterocycles. The van der Waals surface area contributed by atoms with Gasteiger partial charge < -0.3 is 14.5 Å². The maximum Gasteiger partial charge on any atom is 0.416 e. The Morgan fingerprint density at radius 3 is 2.40 bits per heavy atom. The van der Waals surface area contributed by atoms with Crippen molar-refractivity contribution in [1.82, 2.24) is 4.98 Å². The molecule has 0 amide bonds. The number of hydrogen-bond acceptors (Lipinski definition) is 4. The molecule has 1 atom stereocenters. The summed E-state index contributed by atoms with van der Waals surface area (Å²) in [5.74, 6) is 0.895. The Kier molecular flexibility index (Phi) is 7.40. The van der Waals surface area contributed by atoms with E-state index in [1.807, 2.05) is 48.5 Å². The second-order valence-electron chi connectivity index (χ2n) is 7.91. The van der Waals surface area contributed by atoms with E-state index < -0.39 is 23.8 Å². The SMILES string of the molecule is CCOC(=O)C(C)Oc1ccc(SCc2cccc3[nH]c(-c4ccc(C(F)(F)F)cc4)cc23)cc1. The second-order valence-corrected chi connectivity index (χ2v) is 8.96. The molecule has 0 saturated heterocycles. The molecule has 0 aliphatic rings.